The second-order valence-corrected chi connectivity index (χ2v) is 5.28. The first-order chi connectivity index (χ1) is 6.90. The molecule has 0 saturated heterocycles. The van der Waals surface area contributed by atoms with Gasteiger partial charge in [-0.1, -0.05) is 12.8 Å². The second-order valence-electron chi connectivity index (χ2n) is 3.81. The van der Waals surface area contributed by atoms with Crippen molar-refractivity contribution in [2.75, 3.05) is 5.88 Å². The molecular weight excluding hydrogens is 216 g/mol. The van der Waals surface area contributed by atoms with E-state index in [1.807, 2.05) is 0 Å². The predicted octanol–water partition coefficient (Wildman–Crippen LogP) is 3.37. The number of hydrogen-bond donors (Lipinski definition) is 0. The van der Waals surface area contributed by atoms with Crippen molar-refractivity contribution in [3.63, 3.8) is 0 Å². The highest BCUT2D eigenvalue weighted by Gasteiger charge is 2.20. The molecule has 1 aromatic rings. The Bertz CT molecular complexity index is 281. The number of rotatable bonds is 4. The largest absolute Gasteiger partial charge is 0.144 e. The molecule has 1 aliphatic carbocycles. The van der Waals surface area contributed by atoms with Crippen LogP contribution in [0.15, 0.2) is 0 Å². The van der Waals surface area contributed by atoms with Crippen molar-refractivity contribution in [3.05, 3.63) is 10.0 Å². The molecule has 0 atom stereocenters. The molecule has 0 bridgehead atoms. The normalized spacial score (nSPS) is 17.8. The standard InChI is InChI=1S/C10H15ClN2S/c11-7-3-6-9-12-13-10(14-9)8-4-1-2-5-8/h8H,1-7H2. The third kappa shape index (κ3) is 2.45. The minimum absolute atomic E-state index is 0.706. The van der Waals surface area contributed by atoms with Gasteiger partial charge in [0, 0.05) is 18.2 Å². The lowest BCUT2D eigenvalue weighted by atomic mass is 10.1. The van der Waals surface area contributed by atoms with Crippen molar-refractivity contribution in [2.24, 2.45) is 0 Å². The van der Waals surface area contributed by atoms with Crippen molar-refractivity contribution in [3.8, 4) is 0 Å². The van der Waals surface area contributed by atoms with Crippen LogP contribution in [-0.2, 0) is 6.42 Å². The molecule has 1 aromatic heterocycles. The number of aryl methyl sites for hydroxylation is 1. The highest BCUT2D eigenvalue weighted by atomic mass is 35.5. The molecule has 78 valence electrons. The van der Waals surface area contributed by atoms with Crippen molar-refractivity contribution in [2.45, 2.75) is 44.4 Å². The van der Waals surface area contributed by atoms with E-state index in [0.29, 0.717) is 5.92 Å². The van der Waals surface area contributed by atoms with Gasteiger partial charge < -0.3 is 0 Å². The first kappa shape index (κ1) is 10.4. The van der Waals surface area contributed by atoms with Crippen LogP contribution < -0.4 is 0 Å². The van der Waals surface area contributed by atoms with Gasteiger partial charge in [0.1, 0.15) is 10.0 Å². The van der Waals surface area contributed by atoms with Crippen LogP contribution in [-0.4, -0.2) is 16.1 Å². The summed E-state index contributed by atoms with van der Waals surface area (Å²) >= 11 is 7.43. The molecule has 1 heterocycles. The molecule has 2 rings (SSSR count). The van der Waals surface area contributed by atoms with E-state index in [-0.39, 0.29) is 0 Å². The van der Waals surface area contributed by atoms with Crippen LogP contribution in [0.25, 0.3) is 0 Å². The molecule has 0 amide bonds. The fraction of sp³-hybridized carbons (Fsp3) is 0.800. The van der Waals surface area contributed by atoms with Crippen LogP contribution in [0.2, 0.25) is 0 Å². The molecule has 1 saturated carbocycles. The Kier molecular flexibility index (Phi) is 3.76. The van der Waals surface area contributed by atoms with E-state index < -0.39 is 0 Å². The number of alkyl halides is 1. The van der Waals surface area contributed by atoms with Gasteiger partial charge in [-0.3, -0.25) is 0 Å². The fourth-order valence-corrected chi connectivity index (χ4v) is 3.11. The quantitative estimate of drug-likeness (QED) is 0.742. The monoisotopic (exact) mass is 230 g/mol. The zero-order valence-electron chi connectivity index (χ0n) is 8.21. The Morgan fingerprint density at radius 3 is 2.79 bits per heavy atom. The summed E-state index contributed by atoms with van der Waals surface area (Å²) in [5, 5.41) is 10.9. The number of hydrogen-bond acceptors (Lipinski definition) is 3. The van der Waals surface area contributed by atoms with Crippen LogP contribution >= 0.6 is 22.9 Å². The first-order valence-corrected chi connectivity index (χ1v) is 6.63. The maximum atomic E-state index is 5.64. The van der Waals surface area contributed by atoms with Gasteiger partial charge in [0.2, 0.25) is 0 Å². The van der Waals surface area contributed by atoms with Crippen molar-refractivity contribution >= 4 is 22.9 Å². The molecule has 1 fully saturated rings. The summed E-state index contributed by atoms with van der Waals surface area (Å²) in [6, 6.07) is 0. The van der Waals surface area contributed by atoms with E-state index in [9.17, 15) is 0 Å². The van der Waals surface area contributed by atoms with E-state index in [0.717, 1.165) is 23.7 Å². The molecule has 0 unspecified atom stereocenters. The third-order valence-corrected chi connectivity index (χ3v) is 4.12. The van der Waals surface area contributed by atoms with Crippen molar-refractivity contribution < 1.29 is 0 Å². The fourth-order valence-electron chi connectivity index (χ4n) is 1.92. The lowest BCUT2D eigenvalue weighted by Crippen LogP contribution is -1.89. The van der Waals surface area contributed by atoms with E-state index in [1.54, 1.807) is 11.3 Å². The highest BCUT2D eigenvalue weighted by Crippen LogP contribution is 2.35. The molecule has 0 aliphatic heterocycles. The summed E-state index contributed by atoms with van der Waals surface area (Å²) in [6.45, 7) is 0. The highest BCUT2D eigenvalue weighted by molar-refractivity contribution is 7.11. The molecule has 0 radical (unpaired) electrons. The summed E-state index contributed by atoms with van der Waals surface area (Å²) in [5.41, 5.74) is 0. The van der Waals surface area contributed by atoms with Gasteiger partial charge in [-0.05, 0) is 19.3 Å². The van der Waals surface area contributed by atoms with Crippen LogP contribution in [0, 0.1) is 0 Å². The molecule has 2 nitrogen and oxygen atoms in total. The van der Waals surface area contributed by atoms with Gasteiger partial charge in [0.05, 0.1) is 0 Å². The Morgan fingerprint density at radius 1 is 1.29 bits per heavy atom. The maximum Gasteiger partial charge on any atom is 0.120 e. The van der Waals surface area contributed by atoms with E-state index in [2.05, 4.69) is 10.2 Å². The van der Waals surface area contributed by atoms with Gasteiger partial charge in [-0.15, -0.1) is 33.1 Å². The molecular formula is C10H15ClN2S. The summed E-state index contributed by atoms with van der Waals surface area (Å²) in [6.07, 6.45) is 7.35. The Morgan fingerprint density at radius 2 is 2.07 bits per heavy atom. The van der Waals surface area contributed by atoms with Gasteiger partial charge in [-0.25, -0.2) is 0 Å². The summed E-state index contributed by atoms with van der Waals surface area (Å²) in [5.74, 6) is 1.43. The summed E-state index contributed by atoms with van der Waals surface area (Å²) in [4.78, 5) is 0. The average molecular weight is 231 g/mol. The number of halogens is 1. The van der Waals surface area contributed by atoms with E-state index in [4.69, 9.17) is 11.6 Å². The van der Waals surface area contributed by atoms with Crippen LogP contribution in [0.5, 0.6) is 0 Å². The van der Waals surface area contributed by atoms with Crippen LogP contribution in [0.1, 0.15) is 48.0 Å². The van der Waals surface area contributed by atoms with E-state index >= 15 is 0 Å². The summed E-state index contributed by atoms with van der Waals surface area (Å²) in [7, 11) is 0. The van der Waals surface area contributed by atoms with Gasteiger partial charge in [0.15, 0.2) is 0 Å². The topological polar surface area (TPSA) is 25.8 Å². The summed E-state index contributed by atoms with van der Waals surface area (Å²) < 4.78 is 0. The van der Waals surface area contributed by atoms with Gasteiger partial charge >= 0.3 is 0 Å². The Labute approximate surface area is 93.7 Å². The van der Waals surface area contributed by atoms with Gasteiger partial charge in [0.25, 0.3) is 0 Å². The Balaban J connectivity index is 1.94. The van der Waals surface area contributed by atoms with Crippen molar-refractivity contribution in [1.29, 1.82) is 0 Å². The Hall–Kier alpha value is -0.150. The zero-order valence-corrected chi connectivity index (χ0v) is 9.78. The van der Waals surface area contributed by atoms with Crippen LogP contribution in [0.4, 0.5) is 0 Å². The second kappa shape index (κ2) is 5.08. The minimum Gasteiger partial charge on any atom is -0.144 e. The molecule has 0 spiro atoms. The molecule has 0 N–H and O–H groups in total. The molecule has 0 aromatic carbocycles. The molecule has 1 aliphatic rings. The average Bonchev–Trinajstić information content (AvgIpc) is 2.85. The predicted molar refractivity (Wildman–Crippen MR) is 60.2 cm³/mol. The molecule has 4 heteroatoms. The lowest BCUT2D eigenvalue weighted by molar-refractivity contribution is 0.702. The number of aromatic nitrogens is 2. The van der Waals surface area contributed by atoms with Gasteiger partial charge in [-0.2, -0.15) is 0 Å². The minimum atomic E-state index is 0.706. The maximum absolute atomic E-state index is 5.64. The first-order valence-electron chi connectivity index (χ1n) is 5.28. The number of nitrogens with zero attached hydrogens (tertiary/aromatic N) is 2. The van der Waals surface area contributed by atoms with Crippen LogP contribution in [0.3, 0.4) is 0 Å². The smallest absolute Gasteiger partial charge is 0.120 e. The van der Waals surface area contributed by atoms with Crippen molar-refractivity contribution in [1.82, 2.24) is 10.2 Å². The third-order valence-electron chi connectivity index (χ3n) is 2.71. The SMILES string of the molecule is ClCCCc1nnc(C2CCCC2)s1. The molecule has 14 heavy (non-hydrogen) atoms. The zero-order chi connectivity index (χ0) is 9.80. The van der Waals surface area contributed by atoms with E-state index in [1.165, 1.54) is 30.7 Å². The lowest BCUT2D eigenvalue weighted by Gasteiger charge is -2.00.